The molecule has 0 spiro atoms. The van der Waals surface area contributed by atoms with Crippen molar-refractivity contribution in [2.45, 2.75) is 38.5 Å². The van der Waals surface area contributed by atoms with E-state index in [2.05, 4.69) is 9.97 Å². The van der Waals surface area contributed by atoms with Gasteiger partial charge in [-0.15, -0.1) is 0 Å². The number of benzene rings is 1. The molecule has 5 rings (SSSR count). The van der Waals surface area contributed by atoms with Gasteiger partial charge in [0, 0.05) is 18.0 Å². The largest absolute Gasteiger partial charge is 0.364 e. The number of primary amides is 1. The average molecular weight is 393 g/mol. The number of nitrogens with one attached hydrogen (secondary N) is 1. The number of nitrogens with zero attached hydrogens (tertiary/aromatic N) is 1. The Hall–Kier alpha value is -3.02. The lowest BCUT2D eigenvalue weighted by Crippen LogP contribution is -2.19. The van der Waals surface area contributed by atoms with Crippen molar-refractivity contribution in [1.82, 2.24) is 9.97 Å². The van der Waals surface area contributed by atoms with Gasteiger partial charge in [0.25, 0.3) is 5.91 Å². The highest BCUT2D eigenvalue weighted by Crippen LogP contribution is 2.53. The Morgan fingerprint density at radius 2 is 2.00 bits per heavy atom. The van der Waals surface area contributed by atoms with E-state index in [-0.39, 0.29) is 16.9 Å². The zero-order valence-corrected chi connectivity index (χ0v) is 16.3. The number of rotatable bonds is 2. The zero-order valence-electron chi connectivity index (χ0n) is 16.3. The van der Waals surface area contributed by atoms with Gasteiger partial charge in [-0.25, -0.2) is 4.39 Å². The van der Waals surface area contributed by atoms with Crippen LogP contribution in [0.2, 0.25) is 0 Å². The summed E-state index contributed by atoms with van der Waals surface area (Å²) in [6, 6.07) is 9.86. The number of hydrogen-bond acceptors (Lipinski definition) is 3. The first-order valence-corrected chi connectivity index (χ1v) is 9.96. The van der Waals surface area contributed by atoms with Crippen molar-refractivity contribution in [3.8, 4) is 0 Å². The predicted octanol–water partition coefficient (Wildman–Crippen LogP) is 4.06. The summed E-state index contributed by atoms with van der Waals surface area (Å²) in [7, 11) is 0. The van der Waals surface area contributed by atoms with Gasteiger partial charge in [-0.1, -0.05) is 12.1 Å². The number of amides is 1. The third-order valence-corrected chi connectivity index (χ3v) is 5.96. The van der Waals surface area contributed by atoms with Crippen LogP contribution in [0, 0.1) is 24.6 Å². The van der Waals surface area contributed by atoms with Crippen molar-refractivity contribution in [3.63, 3.8) is 0 Å². The normalized spacial score (nSPS) is 22.3. The quantitative estimate of drug-likeness (QED) is 0.688. The molecule has 1 amide bonds. The fraction of sp³-hybridized carbons (Fsp3) is 0.348. The predicted molar refractivity (Wildman–Crippen MR) is 110 cm³/mol. The number of fused-ring (bicyclic) bond motifs is 2. The van der Waals surface area contributed by atoms with Crippen LogP contribution in [0.25, 0.3) is 10.9 Å². The first-order chi connectivity index (χ1) is 13.9. The number of H-pyrrole nitrogens is 1. The summed E-state index contributed by atoms with van der Waals surface area (Å²) in [5.74, 6) is 1.37. The summed E-state index contributed by atoms with van der Waals surface area (Å²) in [5, 5.41) is 0.300. The van der Waals surface area contributed by atoms with Crippen LogP contribution in [-0.2, 0) is 0 Å². The SMILES string of the molecule is Cc1cccc(F)c1.NC(=O)c1nccc2[nH]c([C@H]3CC[C@H]4C[C@H]4C3)cc(=O)c12. The first-order valence-electron chi connectivity index (χ1n) is 9.96. The van der Waals surface area contributed by atoms with E-state index in [1.807, 2.05) is 13.0 Å². The van der Waals surface area contributed by atoms with Gasteiger partial charge >= 0.3 is 0 Å². The van der Waals surface area contributed by atoms with Crippen molar-refractivity contribution in [2.75, 3.05) is 0 Å². The molecule has 1 aromatic carbocycles. The highest BCUT2D eigenvalue weighted by molar-refractivity contribution is 6.03. The van der Waals surface area contributed by atoms with Gasteiger partial charge in [-0.3, -0.25) is 14.6 Å². The second kappa shape index (κ2) is 7.78. The van der Waals surface area contributed by atoms with Crippen LogP contribution in [0.4, 0.5) is 4.39 Å². The zero-order chi connectivity index (χ0) is 20.5. The van der Waals surface area contributed by atoms with Crippen LogP contribution in [-0.4, -0.2) is 15.9 Å². The van der Waals surface area contributed by atoms with Gasteiger partial charge in [0.1, 0.15) is 11.5 Å². The molecule has 2 saturated carbocycles. The maximum atomic E-state index is 12.4. The Bertz CT molecular complexity index is 1110. The second-order valence-corrected chi connectivity index (χ2v) is 8.10. The molecule has 6 heteroatoms. The second-order valence-electron chi connectivity index (χ2n) is 8.10. The number of aryl methyl sites for hydroxylation is 1. The number of halogens is 1. The first kappa shape index (κ1) is 19.3. The lowest BCUT2D eigenvalue weighted by atomic mass is 9.86. The van der Waals surface area contributed by atoms with Crippen LogP contribution in [0.3, 0.4) is 0 Å². The number of aromatic nitrogens is 2. The molecule has 0 saturated heterocycles. The molecule has 29 heavy (non-hydrogen) atoms. The number of nitrogens with two attached hydrogens (primary N) is 1. The molecule has 150 valence electrons. The van der Waals surface area contributed by atoms with Crippen molar-refractivity contribution < 1.29 is 9.18 Å². The van der Waals surface area contributed by atoms with Gasteiger partial charge in [-0.2, -0.15) is 0 Å². The van der Waals surface area contributed by atoms with E-state index in [9.17, 15) is 14.0 Å². The summed E-state index contributed by atoms with van der Waals surface area (Å²) in [6.45, 7) is 1.86. The van der Waals surface area contributed by atoms with Gasteiger partial charge in [0.15, 0.2) is 5.43 Å². The summed E-state index contributed by atoms with van der Waals surface area (Å²) in [5.41, 5.74) is 7.78. The Labute approximate surface area is 168 Å². The van der Waals surface area contributed by atoms with Crippen molar-refractivity contribution >= 4 is 16.8 Å². The molecule has 2 aliphatic carbocycles. The molecule has 3 atom stereocenters. The molecule has 2 aliphatic rings. The van der Waals surface area contributed by atoms with Gasteiger partial charge in [-0.05, 0) is 74.1 Å². The lowest BCUT2D eigenvalue weighted by molar-refractivity contribution is 0.0997. The summed E-state index contributed by atoms with van der Waals surface area (Å²) >= 11 is 0. The molecule has 2 heterocycles. The number of carbonyl (C=O) groups is 1. The standard InChI is InChI=1S/C16H17N3O2.C7H7F/c17-16(21)15-14-11(3-4-18-15)19-12(7-13(14)20)9-2-1-8-5-10(8)6-9;1-6-3-2-4-7(8)5-6/h3-4,7-10H,1-2,5-6H2,(H2,17,21)(H,19,20);2-5H,1H3/t8-,9-,10-;/m0./s1. The number of hydrogen-bond donors (Lipinski definition) is 2. The minimum absolute atomic E-state index is 0.0474. The topological polar surface area (TPSA) is 88.8 Å². The maximum absolute atomic E-state index is 12.4. The van der Waals surface area contributed by atoms with Gasteiger partial charge < -0.3 is 10.7 Å². The highest BCUT2D eigenvalue weighted by atomic mass is 19.1. The molecule has 0 aliphatic heterocycles. The smallest absolute Gasteiger partial charge is 0.268 e. The monoisotopic (exact) mass is 393 g/mol. The van der Waals surface area contributed by atoms with Gasteiger partial charge in [0.05, 0.1) is 10.9 Å². The molecular weight excluding hydrogens is 369 g/mol. The molecule has 0 bridgehead atoms. The summed E-state index contributed by atoms with van der Waals surface area (Å²) < 4.78 is 12.2. The number of aromatic amines is 1. The molecule has 2 aromatic heterocycles. The van der Waals surface area contributed by atoms with Crippen LogP contribution >= 0.6 is 0 Å². The fourth-order valence-electron chi connectivity index (χ4n) is 4.37. The Morgan fingerprint density at radius 3 is 2.66 bits per heavy atom. The molecule has 3 N–H and O–H groups in total. The molecular formula is C23H24FN3O2. The van der Waals surface area contributed by atoms with Crippen LogP contribution in [0.5, 0.6) is 0 Å². The van der Waals surface area contributed by atoms with E-state index in [0.29, 0.717) is 16.8 Å². The van der Waals surface area contributed by atoms with Crippen molar-refractivity contribution in [2.24, 2.45) is 17.6 Å². The van der Waals surface area contributed by atoms with Gasteiger partial charge in [0.2, 0.25) is 0 Å². The third kappa shape index (κ3) is 4.21. The summed E-state index contributed by atoms with van der Waals surface area (Å²) in [6.07, 6.45) is 6.43. The highest BCUT2D eigenvalue weighted by Gasteiger charge is 2.42. The molecule has 0 unspecified atom stereocenters. The van der Waals surface area contributed by atoms with Crippen LogP contribution in [0.15, 0.2) is 47.4 Å². The number of pyridine rings is 2. The average Bonchev–Trinajstić information content (AvgIpc) is 3.46. The summed E-state index contributed by atoms with van der Waals surface area (Å²) in [4.78, 5) is 31.1. The van der Waals surface area contributed by atoms with E-state index < -0.39 is 5.91 Å². The Morgan fingerprint density at radius 1 is 1.17 bits per heavy atom. The third-order valence-electron chi connectivity index (χ3n) is 5.96. The minimum atomic E-state index is -0.669. The van der Waals surface area contributed by atoms with E-state index in [4.69, 9.17) is 5.73 Å². The fourth-order valence-corrected chi connectivity index (χ4v) is 4.37. The van der Waals surface area contributed by atoms with E-state index in [0.717, 1.165) is 29.5 Å². The molecule has 5 nitrogen and oxygen atoms in total. The maximum Gasteiger partial charge on any atom is 0.268 e. The lowest BCUT2D eigenvalue weighted by Gasteiger charge is -2.21. The van der Waals surface area contributed by atoms with Crippen molar-refractivity contribution in [3.05, 3.63) is 75.6 Å². The molecule has 3 aromatic rings. The molecule has 2 fully saturated rings. The Balaban J connectivity index is 0.000000216. The Kier molecular flexibility index (Phi) is 5.18. The molecule has 0 radical (unpaired) electrons. The minimum Gasteiger partial charge on any atom is -0.364 e. The van der Waals surface area contributed by atoms with E-state index in [1.54, 1.807) is 18.2 Å². The van der Waals surface area contributed by atoms with E-state index >= 15 is 0 Å². The van der Waals surface area contributed by atoms with Crippen LogP contribution in [0.1, 0.15) is 53.3 Å². The van der Waals surface area contributed by atoms with Crippen molar-refractivity contribution in [1.29, 1.82) is 0 Å². The number of carbonyl (C=O) groups excluding carboxylic acids is 1. The van der Waals surface area contributed by atoms with Crippen LogP contribution < -0.4 is 11.2 Å². The van der Waals surface area contributed by atoms with E-state index in [1.165, 1.54) is 37.6 Å².